The van der Waals surface area contributed by atoms with Gasteiger partial charge in [-0.3, -0.25) is 0 Å². The van der Waals surface area contributed by atoms with Gasteiger partial charge in [-0.15, -0.1) is 0 Å². The molecule has 6 aromatic carbocycles. The van der Waals surface area contributed by atoms with Gasteiger partial charge in [-0.05, 0) is 0 Å². The Hall–Kier alpha value is -3.00. The first kappa shape index (κ1) is 44.8. The van der Waals surface area contributed by atoms with Gasteiger partial charge < -0.3 is 0 Å². The Labute approximate surface area is 393 Å². The summed E-state index contributed by atoms with van der Waals surface area (Å²) in [7, 11) is 18.8. The second-order valence-corrected chi connectivity index (χ2v) is 63.8. The number of hydrogen-bond donors (Lipinski definition) is 0. The van der Waals surface area contributed by atoms with Crippen LogP contribution in [-0.4, -0.2) is 5.92 Å². The monoisotopic (exact) mass is 977 g/mol. The fraction of sp³-hybridized carbons (Fsp3) is 0.400. The third-order valence-corrected chi connectivity index (χ3v) is 69.5. The third kappa shape index (κ3) is 7.66. The van der Waals surface area contributed by atoms with E-state index in [1.54, 1.807) is 11.1 Å². The molecule has 2 fully saturated rings. The van der Waals surface area contributed by atoms with E-state index in [0.717, 1.165) is 12.8 Å². The summed E-state index contributed by atoms with van der Waals surface area (Å²) in [5.41, 5.74) is 14.6. The summed E-state index contributed by atoms with van der Waals surface area (Å²) in [4.78, 5) is 0. The standard InChI is InChI=1S/2C29H31.C2H7Si.2ClH.Zr/c2*1-2-29(17-7-3-4-8-18-29)21-22-19-24-13-10-16-27(28(24)20-22)26-15-9-12-23-11-5-6-14-25(23)26;1-3-2;;;/h2*5-6,9-16,19-20H,2-4,7-8,17-18,21H2,1H3;3H,1-2H3;2*1H;/q;;;;;+2/p-2. The molecule has 0 amide bonds. The molecule has 0 radical (unpaired) electrons. The maximum absolute atomic E-state index is 9.41. The van der Waals surface area contributed by atoms with Crippen molar-refractivity contribution in [2.75, 3.05) is 0 Å². The molecule has 0 bridgehead atoms. The molecule has 4 heteroatoms. The van der Waals surface area contributed by atoms with Gasteiger partial charge in [0.25, 0.3) is 0 Å². The molecule has 10 rings (SSSR count). The maximum atomic E-state index is 9.41. The molecule has 2 saturated carbocycles. The Morgan fingerprint density at radius 3 is 1.22 bits per heavy atom. The molecule has 0 aliphatic heterocycles. The molecule has 64 heavy (non-hydrogen) atoms. The molecule has 6 aromatic rings. The fourth-order valence-electron chi connectivity index (χ4n) is 13.9. The van der Waals surface area contributed by atoms with Crippen molar-refractivity contribution in [3.05, 3.63) is 155 Å². The van der Waals surface area contributed by atoms with E-state index in [0.29, 0.717) is 0 Å². The van der Waals surface area contributed by atoms with Crippen molar-refractivity contribution in [3.8, 4) is 22.3 Å². The number of benzene rings is 6. The Bertz CT molecular complexity index is 2570. The Morgan fingerprint density at radius 2 is 0.828 bits per heavy atom. The van der Waals surface area contributed by atoms with Gasteiger partial charge in [-0.2, -0.15) is 0 Å². The fourth-order valence-corrected chi connectivity index (χ4v) is 45.2. The molecule has 0 spiro atoms. The van der Waals surface area contributed by atoms with Crippen molar-refractivity contribution in [3.63, 3.8) is 0 Å². The van der Waals surface area contributed by atoms with Crippen molar-refractivity contribution in [1.82, 2.24) is 0 Å². The Kier molecular flexibility index (Phi) is 12.5. The number of rotatable bonds is 11. The van der Waals surface area contributed by atoms with Crippen molar-refractivity contribution in [2.24, 2.45) is 10.8 Å². The molecule has 2 atom stereocenters. The van der Waals surface area contributed by atoms with Crippen LogP contribution >= 0.6 is 17.0 Å². The summed E-state index contributed by atoms with van der Waals surface area (Å²) >= 11 is -5.22. The minimum atomic E-state index is -5.22. The number of halogens is 2. The molecular weight excluding hydrogens is 911 g/mol. The van der Waals surface area contributed by atoms with Gasteiger partial charge in [0.05, 0.1) is 0 Å². The average Bonchev–Trinajstić information content (AvgIpc) is 3.67. The van der Waals surface area contributed by atoms with Crippen LogP contribution in [0.2, 0.25) is 13.1 Å². The summed E-state index contributed by atoms with van der Waals surface area (Å²) in [6, 6.07) is 46.0. The summed E-state index contributed by atoms with van der Waals surface area (Å²) in [5.74, 6) is -1.81. The summed E-state index contributed by atoms with van der Waals surface area (Å²) < 4.78 is 0.139. The van der Waals surface area contributed by atoms with Gasteiger partial charge in [0.1, 0.15) is 0 Å². The number of allylic oxidation sites excluding steroid dienone is 2. The van der Waals surface area contributed by atoms with Crippen molar-refractivity contribution < 1.29 is 15.6 Å². The minimum absolute atomic E-state index is 0.0697. The van der Waals surface area contributed by atoms with Gasteiger partial charge in [0.2, 0.25) is 0 Å². The van der Waals surface area contributed by atoms with E-state index in [9.17, 15) is 17.0 Å². The van der Waals surface area contributed by atoms with E-state index in [-0.39, 0.29) is 18.1 Å². The van der Waals surface area contributed by atoms with Crippen molar-refractivity contribution >= 4 is 56.6 Å². The predicted octanol–water partition coefficient (Wildman–Crippen LogP) is 19.2. The van der Waals surface area contributed by atoms with Crippen LogP contribution in [0.25, 0.3) is 56.0 Å². The second kappa shape index (κ2) is 17.9. The number of hydrogen-bond acceptors (Lipinski definition) is 0. The van der Waals surface area contributed by atoms with E-state index in [1.807, 2.05) is 0 Å². The SMILES string of the molecule is CCC1(CC2=Cc3c(-c4cccc5ccccc45)cccc3[CH]2[Zr]([Cl])([Cl])([CH]2C(CC3(CC)CCCCCC3)=Cc3c(-c4cccc5ccccc45)cccc32)[SiH](C)C)CCCCCC1. The first-order chi connectivity index (χ1) is 31.1. The molecule has 0 nitrogen and oxygen atoms in total. The van der Waals surface area contributed by atoms with Crippen LogP contribution in [0.1, 0.15) is 146 Å². The van der Waals surface area contributed by atoms with Crippen molar-refractivity contribution in [2.45, 2.75) is 137 Å². The van der Waals surface area contributed by atoms with Gasteiger partial charge in [-0.1, -0.05) is 0 Å². The Balaban J connectivity index is 1.22. The molecule has 0 N–H and O–H groups in total. The molecular formula is C60H69Cl2SiZr. The second-order valence-electron chi connectivity index (χ2n) is 21.2. The summed E-state index contributed by atoms with van der Waals surface area (Å²) in [5, 5.41) is 5.21. The van der Waals surface area contributed by atoms with Crippen LogP contribution in [0, 0.1) is 10.8 Å². The normalized spacial score (nSPS) is 21.4. The van der Waals surface area contributed by atoms with Gasteiger partial charge >= 0.3 is 397 Å². The molecule has 0 saturated heterocycles. The van der Waals surface area contributed by atoms with E-state index >= 15 is 0 Å². The van der Waals surface area contributed by atoms with Crippen LogP contribution in [0.4, 0.5) is 0 Å². The zero-order chi connectivity index (χ0) is 44.1. The first-order valence-corrected chi connectivity index (χ1v) is 41.6. The topological polar surface area (TPSA) is 0 Å². The predicted molar refractivity (Wildman–Crippen MR) is 281 cm³/mol. The van der Waals surface area contributed by atoms with Crippen LogP contribution in [0.3, 0.4) is 0 Å². The summed E-state index contributed by atoms with van der Waals surface area (Å²) in [6.45, 7) is 10.1. The van der Waals surface area contributed by atoms with E-state index in [1.165, 1.54) is 156 Å². The van der Waals surface area contributed by atoms with Gasteiger partial charge in [0, 0.05) is 0 Å². The molecule has 4 aliphatic rings. The molecule has 331 valence electrons. The Morgan fingerprint density at radius 1 is 0.469 bits per heavy atom. The molecule has 0 aromatic heterocycles. The quantitative estimate of drug-likeness (QED) is 0.0896. The van der Waals surface area contributed by atoms with E-state index in [4.69, 9.17) is 0 Å². The third-order valence-electron chi connectivity index (χ3n) is 17.7. The first-order valence-electron chi connectivity index (χ1n) is 25.3. The van der Waals surface area contributed by atoms with Crippen LogP contribution in [-0.2, 0) is 15.6 Å². The van der Waals surface area contributed by atoms with E-state index < -0.39 is 21.5 Å². The van der Waals surface area contributed by atoms with Crippen molar-refractivity contribution in [1.29, 1.82) is 0 Å². The van der Waals surface area contributed by atoms with Gasteiger partial charge in [-0.25, -0.2) is 0 Å². The molecule has 2 unspecified atom stereocenters. The zero-order valence-corrected chi connectivity index (χ0v) is 44.1. The van der Waals surface area contributed by atoms with Crippen LogP contribution in [0.5, 0.6) is 0 Å². The molecule has 0 heterocycles. The zero-order valence-electron chi connectivity index (χ0n) is 39.0. The average molecular weight is 980 g/mol. The van der Waals surface area contributed by atoms with Crippen LogP contribution in [0.15, 0.2) is 132 Å². The van der Waals surface area contributed by atoms with Gasteiger partial charge in [0.15, 0.2) is 0 Å². The summed E-state index contributed by atoms with van der Waals surface area (Å²) in [6.07, 6.45) is 26.0. The number of fused-ring (bicyclic) bond motifs is 4. The molecule has 4 aliphatic carbocycles. The van der Waals surface area contributed by atoms with Crippen LogP contribution < -0.4 is 0 Å². The van der Waals surface area contributed by atoms with E-state index in [2.05, 4.69) is 160 Å².